The lowest BCUT2D eigenvalue weighted by Crippen LogP contribution is -2.41. The molecule has 130 valence electrons. The Morgan fingerprint density at radius 3 is 2.50 bits per heavy atom. The molecular formula is C16H22N4O4. The summed E-state index contributed by atoms with van der Waals surface area (Å²) in [6, 6.07) is 0. The van der Waals surface area contributed by atoms with Crippen LogP contribution in [0.15, 0.2) is 22.0 Å². The van der Waals surface area contributed by atoms with Crippen molar-refractivity contribution in [3.05, 3.63) is 33.2 Å². The van der Waals surface area contributed by atoms with Gasteiger partial charge < -0.3 is 4.74 Å². The number of rotatable bonds is 8. The molecule has 0 saturated carbocycles. The maximum atomic E-state index is 12.7. The van der Waals surface area contributed by atoms with E-state index in [0.29, 0.717) is 25.2 Å². The number of unbranched alkanes of at least 4 members (excludes halogenated alkanes) is 1. The van der Waals surface area contributed by atoms with Crippen LogP contribution in [-0.2, 0) is 22.6 Å². The van der Waals surface area contributed by atoms with Gasteiger partial charge in [-0.05, 0) is 19.8 Å². The molecule has 0 atom stereocenters. The molecule has 0 bridgehead atoms. The summed E-state index contributed by atoms with van der Waals surface area (Å²) in [6.45, 7) is 4.69. The van der Waals surface area contributed by atoms with Crippen molar-refractivity contribution in [1.82, 2.24) is 19.1 Å². The summed E-state index contributed by atoms with van der Waals surface area (Å²) in [5.74, 6) is -0.336. The first-order valence-corrected chi connectivity index (χ1v) is 8.20. The predicted molar refractivity (Wildman–Crippen MR) is 88.8 cm³/mol. The molecule has 0 aliphatic rings. The second-order valence-corrected chi connectivity index (χ2v) is 5.38. The Bertz CT molecular complexity index is 825. The smallest absolute Gasteiger partial charge is 0.332 e. The fraction of sp³-hybridized carbons (Fsp3) is 0.562. The van der Waals surface area contributed by atoms with E-state index in [2.05, 4.69) is 9.97 Å². The van der Waals surface area contributed by atoms with Crippen molar-refractivity contribution in [2.75, 3.05) is 6.61 Å². The van der Waals surface area contributed by atoms with Crippen LogP contribution in [0.4, 0.5) is 0 Å². The normalized spacial score (nSPS) is 10.9. The highest BCUT2D eigenvalue weighted by Gasteiger charge is 2.15. The number of esters is 1. The zero-order valence-electron chi connectivity index (χ0n) is 14.0. The number of ether oxygens (including phenoxy) is 1. The minimum atomic E-state index is -0.472. The molecule has 24 heavy (non-hydrogen) atoms. The first kappa shape index (κ1) is 17.8. The lowest BCUT2D eigenvalue weighted by Gasteiger charge is -2.12. The number of hydrogen-bond donors (Lipinski definition) is 0. The van der Waals surface area contributed by atoms with E-state index in [-0.39, 0.29) is 24.5 Å². The summed E-state index contributed by atoms with van der Waals surface area (Å²) in [4.78, 5) is 44.8. The minimum Gasteiger partial charge on any atom is -0.466 e. The van der Waals surface area contributed by atoms with Crippen LogP contribution in [0.3, 0.4) is 0 Å². The van der Waals surface area contributed by atoms with Crippen molar-refractivity contribution in [2.24, 2.45) is 0 Å². The second-order valence-electron chi connectivity index (χ2n) is 5.38. The molecule has 0 radical (unpaired) electrons. The highest BCUT2D eigenvalue weighted by molar-refractivity contribution is 5.69. The number of carbonyl (C=O) groups excluding carboxylic acids is 1. The van der Waals surface area contributed by atoms with Crippen LogP contribution in [0.5, 0.6) is 0 Å². The highest BCUT2D eigenvalue weighted by Crippen LogP contribution is 2.03. The lowest BCUT2D eigenvalue weighted by molar-refractivity contribution is -0.143. The van der Waals surface area contributed by atoms with Crippen LogP contribution in [0.25, 0.3) is 11.2 Å². The molecule has 0 amide bonds. The van der Waals surface area contributed by atoms with E-state index in [1.165, 1.54) is 17.0 Å². The van der Waals surface area contributed by atoms with E-state index in [0.717, 1.165) is 17.4 Å². The fourth-order valence-corrected chi connectivity index (χ4v) is 2.46. The highest BCUT2D eigenvalue weighted by atomic mass is 16.5. The van der Waals surface area contributed by atoms with Gasteiger partial charge in [0.25, 0.3) is 5.56 Å². The van der Waals surface area contributed by atoms with Gasteiger partial charge in [0.05, 0.1) is 6.61 Å². The van der Waals surface area contributed by atoms with E-state index in [9.17, 15) is 14.4 Å². The molecule has 0 saturated heterocycles. The molecule has 0 aliphatic carbocycles. The number of hydrogen-bond acceptors (Lipinski definition) is 6. The molecule has 0 unspecified atom stereocenters. The Morgan fingerprint density at radius 1 is 1.08 bits per heavy atom. The third-order valence-electron chi connectivity index (χ3n) is 3.65. The summed E-state index contributed by atoms with van der Waals surface area (Å²) in [6.07, 6.45) is 5.12. The van der Waals surface area contributed by atoms with Gasteiger partial charge in [-0.25, -0.2) is 14.8 Å². The molecule has 0 aromatic carbocycles. The molecule has 0 spiro atoms. The van der Waals surface area contributed by atoms with Crippen molar-refractivity contribution in [2.45, 2.75) is 52.6 Å². The number of aryl methyl sites for hydroxylation is 1. The topological polar surface area (TPSA) is 96.1 Å². The summed E-state index contributed by atoms with van der Waals surface area (Å²) in [5, 5.41) is 0. The van der Waals surface area contributed by atoms with Crippen molar-refractivity contribution >= 4 is 17.1 Å². The zero-order valence-corrected chi connectivity index (χ0v) is 14.0. The lowest BCUT2D eigenvalue weighted by atomic mass is 10.3. The number of carbonyl (C=O) groups is 1. The minimum absolute atomic E-state index is 0.148. The number of fused-ring (bicyclic) bond motifs is 1. The molecule has 2 rings (SSSR count). The molecule has 2 aromatic rings. The molecule has 8 heteroatoms. The van der Waals surface area contributed by atoms with Gasteiger partial charge in [0, 0.05) is 31.9 Å². The maximum absolute atomic E-state index is 12.7. The van der Waals surface area contributed by atoms with E-state index < -0.39 is 11.2 Å². The van der Waals surface area contributed by atoms with Gasteiger partial charge in [-0.1, -0.05) is 13.3 Å². The van der Waals surface area contributed by atoms with E-state index in [4.69, 9.17) is 4.74 Å². The molecule has 0 aliphatic heterocycles. The van der Waals surface area contributed by atoms with Crippen molar-refractivity contribution in [1.29, 1.82) is 0 Å². The molecule has 2 aromatic heterocycles. The third-order valence-corrected chi connectivity index (χ3v) is 3.65. The van der Waals surface area contributed by atoms with E-state index in [1.807, 2.05) is 6.92 Å². The van der Waals surface area contributed by atoms with Crippen molar-refractivity contribution in [3.8, 4) is 0 Å². The van der Waals surface area contributed by atoms with Crippen LogP contribution >= 0.6 is 0 Å². The Kier molecular flexibility index (Phi) is 6.22. The Morgan fingerprint density at radius 2 is 1.79 bits per heavy atom. The van der Waals surface area contributed by atoms with Gasteiger partial charge in [-0.2, -0.15) is 0 Å². The quantitative estimate of drug-likeness (QED) is 0.671. The van der Waals surface area contributed by atoms with Gasteiger partial charge in [0.2, 0.25) is 0 Å². The largest absolute Gasteiger partial charge is 0.466 e. The summed E-state index contributed by atoms with van der Waals surface area (Å²) < 4.78 is 7.47. The van der Waals surface area contributed by atoms with Crippen molar-refractivity contribution in [3.63, 3.8) is 0 Å². The number of aromatic nitrogens is 4. The van der Waals surface area contributed by atoms with Crippen LogP contribution in [0, 0.1) is 0 Å². The maximum Gasteiger partial charge on any atom is 0.332 e. The first-order valence-electron chi connectivity index (χ1n) is 8.20. The fourth-order valence-electron chi connectivity index (χ4n) is 2.46. The monoisotopic (exact) mass is 334 g/mol. The summed E-state index contributed by atoms with van der Waals surface area (Å²) in [7, 11) is 0. The standard InChI is InChI=1S/C16H22N4O4/c1-3-5-10-19-14-13(17-8-9-18-14)15(22)20(16(19)23)11-6-7-12(21)24-4-2/h8-9H,3-7,10-11H2,1-2H3. The average Bonchev–Trinajstić information content (AvgIpc) is 2.58. The molecule has 0 fully saturated rings. The zero-order chi connectivity index (χ0) is 17.5. The van der Waals surface area contributed by atoms with E-state index in [1.54, 1.807) is 6.92 Å². The summed E-state index contributed by atoms with van der Waals surface area (Å²) in [5.41, 5.74) is -0.406. The Balaban J connectivity index is 2.37. The van der Waals surface area contributed by atoms with Gasteiger partial charge in [0.1, 0.15) is 0 Å². The van der Waals surface area contributed by atoms with Crippen molar-refractivity contribution < 1.29 is 9.53 Å². The predicted octanol–water partition coefficient (Wildman–Crippen LogP) is 1.10. The number of nitrogens with zero attached hydrogens (tertiary/aromatic N) is 4. The molecule has 0 N–H and O–H groups in total. The van der Waals surface area contributed by atoms with Gasteiger partial charge in [0.15, 0.2) is 11.2 Å². The van der Waals surface area contributed by atoms with Gasteiger partial charge in [-0.3, -0.25) is 18.7 Å². The molecule has 8 nitrogen and oxygen atoms in total. The Labute approximate surface area is 139 Å². The van der Waals surface area contributed by atoms with E-state index >= 15 is 0 Å². The van der Waals surface area contributed by atoms with Crippen LogP contribution < -0.4 is 11.2 Å². The molecular weight excluding hydrogens is 312 g/mol. The Hall–Kier alpha value is -2.51. The van der Waals surface area contributed by atoms with Crippen LogP contribution in [0.1, 0.15) is 39.5 Å². The SMILES string of the molecule is CCCCn1c(=O)n(CCCC(=O)OCC)c(=O)c2nccnc21. The molecule has 2 heterocycles. The van der Waals surface area contributed by atoms with Gasteiger partial charge in [-0.15, -0.1) is 0 Å². The average molecular weight is 334 g/mol. The van der Waals surface area contributed by atoms with Gasteiger partial charge >= 0.3 is 11.7 Å². The van der Waals surface area contributed by atoms with Crippen LogP contribution in [0.2, 0.25) is 0 Å². The summed E-state index contributed by atoms with van der Waals surface area (Å²) >= 11 is 0. The third kappa shape index (κ3) is 3.87. The van der Waals surface area contributed by atoms with Crippen LogP contribution in [-0.4, -0.2) is 31.7 Å². The second kappa shape index (κ2) is 8.37. The first-order chi connectivity index (χ1) is 11.6.